The van der Waals surface area contributed by atoms with Gasteiger partial charge in [0.1, 0.15) is 30.2 Å². The minimum atomic E-state index is -6.71. The van der Waals surface area contributed by atoms with Crippen LogP contribution in [0.1, 0.15) is 60.9 Å². The molecule has 2 aromatic carbocycles. The van der Waals surface area contributed by atoms with Gasteiger partial charge in [-0.1, -0.05) is 29.3 Å². The lowest BCUT2D eigenvalue weighted by Crippen LogP contribution is -2.50. The molecule has 0 aliphatic heterocycles. The van der Waals surface area contributed by atoms with E-state index in [0.29, 0.717) is 23.9 Å². The number of hydrogen-bond acceptors (Lipinski definition) is 10. The molecule has 13 nitrogen and oxygen atoms in total. The lowest BCUT2D eigenvalue weighted by Gasteiger charge is -2.31. The van der Waals surface area contributed by atoms with Crippen molar-refractivity contribution in [1.29, 1.82) is 5.26 Å². The standard InChI is InChI=1S/C35H28Cl2F10N4O9/c36-21-5-4-17(18-13-49-51(14-18)28-22(37)11-19(12-25(28)60-35(45,46)47)32(38,33(39,40)41)34(42,43)44)10-20(21)29(55)50(31(15-48)8-9-31)16-57-30(56)59-24-3-1-2-23(24)58-27(54)7-6-26(52)53/h4-5,10-14,23-24,30,56H,1-3,6-9,16H2,(H,52,53)/t23-,24-,30?/m0/s1. The zero-order valence-corrected chi connectivity index (χ0v) is 31.5. The van der Waals surface area contributed by atoms with Gasteiger partial charge in [-0.05, 0) is 61.9 Å². The third-order valence-corrected chi connectivity index (χ3v) is 9.94. The first kappa shape index (κ1) is 46.2. The number of nitriles is 1. The lowest BCUT2D eigenvalue weighted by molar-refractivity contribution is -0.348. The first-order valence-corrected chi connectivity index (χ1v) is 17.9. The summed E-state index contributed by atoms with van der Waals surface area (Å²) in [6.45, 7) is -2.79. The fourth-order valence-corrected chi connectivity index (χ4v) is 6.67. The highest BCUT2D eigenvalue weighted by Crippen LogP contribution is 2.55. The molecule has 1 aromatic heterocycles. The van der Waals surface area contributed by atoms with Crippen LogP contribution in [0.25, 0.3) is 16.8 Å². The van der Waals surface area contributed by atoms with Gasteiger partial charge in [0, 0.05) is 17.3 Å². The maximum atomic E-state index is 14.9. The summed E-state index contributed by atoms with van der Waals surface area (Å²) in [6.07, 6.45) is -18.5. The summed E-state index contributed by atoms with van der Waals surface area (Å²) < 4.78 is 156. The number of carboxylic acid groups (broad SMARTS) is 1. The molecule has 1 amide bonds. The van der Waals surface area contributed by atoms with Crippen LogP contribution in [0.5, 0.6) is 5.75 Å². The predicted molar refractivity (Wildman–Crippen MR) is 182 cm³/mol. The van der Waals surface area contributed by atoms with Crippen molar-refractivity contribution >= 4 is 41.0 Å². The second-order valence-corrected chi connectivity index (χ2v) is 14.2. The van der Waals surface area contributed by atoms with Crippen molar-refractivity contribution in [3.8, 4) is 28.6 Å². The maximum Gasteiger partial charge on any atom is 0.573 e. The van der Waals surface area contributed by atoms with Crippen LogP contribution in [0.4, 0.5) is 43.9 Å². The average Bonchev–Trinajstić information content (AvgIpc) is 3.56. The minimum absolute atomic E-state index is 0.0353. The Bertz CT molecular complexity index is 2140. The molecule has 0 spiro atoms. The molecule has 25 heteroatoms. The van der Waals surface area contributed by atoms with Crippen LogP contribution < -0.4 is 4.74 Å². The number of nitrogens with zero attached hydrogens (tertiary/aromatic N) is 4. The summed E-state index contributed by atoms with van der Waals surface area (Å²) >= 11 is 12.3. The molecule has 2 saturated carbocycles. The second-order valence-electron chi connectivity index (χ2n) is 13.4. The number of alkyl halides is 10. The van der Waals surface area contributed by atoms with Crippen LogP contribution >= 0.6 is 23.2 Å². The van der Waals surface area contributed by atoms with E-state index >= 15 is 0 Å². The fraction of sp³-hybridized carbons (Fsp3) is 0.457. The van der Waals surface area contributed by atoms with E-state index in [4.69, 9.17) is 42.5 Å². The average molecular weight is 910 g/mol. The predicted octanol–water partition coefficient (Wildman–Crippen LogP) is 8.13. The number of aliphatic hydroxyl groups is 1. The summed E-state index contributed by atoms with van der Waals surface area (Å²) in [4.78, 5) is 37.7. The van der Waals surface area contributed by atoms with Gasteiger partial charge in [-0.25, -0.2) is 9.07 Å². The molecule has 2 fully saturated rings. The van der Waals surface area contributed by atoms with Crippen molar-refractivity contribution in [1.82, 2.24) is 14.7 Å². The number of halogens is 12. The number of carbonyl (C=O) groups is 3. The number of ether oxygens (including phenoxy) is 4. The number of benzene rings is 2. The number of hydrogen-bond donors (Lipinski definition) is 2. The maximum absolute atomic E-state index is 14.9. The van der Waals surface area contributed by atoms with Crippen molar-refractivity contribution in [2.45, 2.75) is 93.6 Å². The Hall–Kier alpha value is -4.89. The second kappa shape index (κ2) is 17.2. The van der Waals surface area contributed by atoms with Gasteiger partial charge in [0.25, 0.3) is 12.4 Å². The van der Waals surface area contributed by atoms with Gasteiger partial charge < -0.3 is 29.2 Å². The van der Waals surface area contributed by atoms with Gasteiger partial charge in [-0.15, -0.1) is 13.2 Å². The van der Waals surface area contributed by atoms with Crippen molar-refractivity contribution in [2.75, 3.05) is 6.73 Å². The number of aliphatic carboxylic acids is 1. The van der Waals surface area contributed by atoms with Crippen molar-refractivity contribution in [2.24, 2.45) is 0 Å². The zero-order valence-electron chi connectivity index (χ0n) is 30.0. The highest BCUT2D eigenvalue weighted by Gasteiger charge is 2.73. The van der Waals surface area contributed by atoms with Gasteiger partial charge in [-0.3, -0.25) is 19.3 Å². The number of esters is 1. The van der Waals surface area contributed by atoms with Crippen molar-refractivity contribution in [3.63, 3.8) is 0 Å². The first-order chi connectivity index (χ1) is 27.8. The smallest absolute Gasteiger partial charge is 0.481 e. The largest absolute Gasteiger partial charge is 0.573 e. The highest BCUT2D eigenvalue weighted by atomic mass is 35.5. The van der Waals surface area contributed by atoms with Crippen LogP contribution in [-0.4, -0.2) is 92.4 Å². The number of aliphatic hydroxyl groups excluding tert-OH is 1. The summed E-state index contributed by atoms with van der Waals surface area (Å²) in [6, 6.07) is 4.95. The summed E-state index contributed by atoms with van der Waals surface area (Å²) in [5.41, 5.74) is -11.4. The van der Waals surface area contributed by atoms with Crippen LogP contribution in [-0.2, 0) is 29.5 Å². The molecular weight excluding hydrogens is 881 g/mol. The van der Waals surface area contributed by atoms with E-state index in [2.05, 4.69) is 9.84 Å². The number of aromatic nitrogens is 2. The van der Waals surface area contributed by atoms with Crippen LogP contribution in [0.2, 0.25) is 10.0 Å². The highest BCUT2D eigenvalue weighted by molar-refractivity contribution is 6.34. The molecule has 2 N–H and O–H groups in total. The molecular formula is C35H28Cl2F10N4O9. The molecule has 3 atom stereocenters. The topological polar surface area (TPSA) is 173 Å². The van der Waals surface area contributed by atoms with E-state index < -0.39 is 114 Å². The van der Waals surface area contributed by atoms with E-state index in [-0.39, 0.29) is 40.6 Å². The number of rotatable bonds is 15. The van der Waals surface area contributed by atoms with Gasteiger partial charge in [-0.2, -0.15) is 36.7 Å². The van der Waals surface area contributed by atoms with E-state index in [1.54, 1.807) is 0 Å². The van der Waals surface area contributed by atoms with Gasteiger partial charge in [0.15, 0.2) is 5.75 Å². The monoisotopic (exact) mass is 908 g/mol. The first-order valence-electron chi connectivity index (χ1n) is 17.2. The Morgan fingerprint density at radius 2 is 1.60 bits per heavy atom. The van der Waals surface area contributed by atoms with E-state index in [0.717, 1.165) is 23.4 Å². The zero-order chi connectivity index (χ0) is 44.6. The molecule has 1 unspecified atom stereocenters. The summed E-state index contributed by atoms with van der Waals surface area (Å²) in [5.74, 6) is -4.75. The molecule has 0 saturated heterocycles. The Balaban J connectivity index is 1.40. The van der Waals surface area contributed by atoms with Gasteiger partial charge >= 0.3 is 36.3 Å². The normalized spacial score (nSPS) is 18.4. The lowest BCUT2D eigenvalue weighted by atomic mass is 9.93. The number of carboxylic acids is 1. The Kier molecular flexibility index (Phi) is 13.3. The van der Waals surface area contributed by atoms with Gasteiger partial charge in [0.05, 0.1) is 40.7 Å². The molecule has 2 aliphatic carbocycles. The Morgan fingerprint density at radius 1 is 0.950 bits per heavy atom. The molecule has 0 radical (unpaired) electrons. The number of carbonyl (C=O) groups excluding carboxylic acids is 2. The molecule has 3 aromatic rings. The summed E-state index contributed by atoms with van der Waals surface area (Å²) in [5, 5.41) is 31.6. The quantitative estimate of drug-likeness (QED) is 0.0857. The minimum Gasteiger partial charge on any atom is -0.481 e. The number of amides is 1. The Labute approximate surface area is 340 Å². The fourth-order valence-electron chi connectivity index (χ4n) is 6.18. The Morgan fingerprint density at radius 3 is 2.18 bits per heavy atom. The van der Waals surface area contributed by atoms with E-state index in [1.165, 1.54) is 12.1 Å². The molecule has 0 bridgehead atoms. The van der Waals surface area contributed by atoms with Crippen molar-refractivity contribution < 1.29 is 87.4 Å². The molecule has 5 rings (SSSR count). The third kappa shape index (κ3) is 10.00. The van der Waals surface area contributed by atoms with Crippen molar-refractivity contribution in [3.05, 3.63) is 63.9 Å². The molecule has 2 aliphatic rings. The molecule has 326 valence electrons. The van der Waals surface area contributed by atoms with E-state index in [1.807, 2.05) is 6.07 Å². The van der Waals surface area contributed by atoms with Crippen LogP contribution in [0.15, 0.2) is 42.7 Å². The molecule has 60 heavy (non-hydrogen) atoms. The van der Waals surface area contributed by atoms with Gasteiger partial charge in [0.2, 0.25) is 0 Å². The summed E-state index contributed by atoms with van der Waals surface area (Å²) in [7, 11) is 0. The van der Waals surface area contributed by atoms with Crippen LogP contribution in [0.3, 0.4) is 0 Å². The third-order valence-electron chi connectivity index (χ3n) is 9.32. The van der Waals surface area contributed by atoms with Crippen LogP contribution in [0, 0.1) is 11.3 Å². The van der Waals surface area contributed by atoms with E-state index in [9.17, 15) is 68.7 Å². The SMILES string of the molecule is N#CC1(N(COC(O)O[C@H]2CCC[C@@H]2OC(=O)CCC(=O)O)C(=O)c2cc(-c3cnn(-c4c(Cl)cc(C(F)(C(F)(F)F)C(F)(F)F)cc4OC(F)(F)F)c3)ccc2Cl)CC1. The molecule has 1 heterocycles.